The molecule has 21 heavy (non-hydrogen) atoms. The molecule has 0 amide bonds. The number of nitrogens with zero attached hydrogens (tertiary/aromatic N) is 1. The number of likely N-dealkylation sites (tertiary alicyclic amines) is 1. The molecule has 2 saturated heterocycles. The Kier molecular flexibility index (Phi) is 6.32. The summed E-state index contributed by atoms with van der Waals surface area (Å²) in [5.41, 5.74) is 0. The van der Waals surface area contributed by atoms with E-state index in [0.29, 0.717) is 25.0 Å². The minimum absolute atomic E-state index is 0.240. The fourth-order valence-corrected chi connectivity index (χ4v) is 3.35. The van der Waals surface area contributed by atoms with Gasteiger partial charge in [0.15, 0.2) is 0 Å². The summed E-state index contributed by atoms with van der Waals surface area (Å²) in [6.07, 6.45) is -1.44. The summed E-state index contributed by atoms with van der Waals surface area (Å²) in [6, 6.07) is 0.444. The van der Waals surface area contributed by atoms with Crippen LogP contribution in [0.2, 0.25) is 0 Å². The predicted molar refractivity (Wildman–Crippen MR) is 76.2 cm³/mol. The normalized spacial score (nSPS) is 29.7. The van der Waals surface area contributed by atoms with E-state index in [0.717, 1.165) is 39.1 Å². The fourth-order valence-electron chi connectivity index (χ4n) is 3.35. The lowest BCUT2D eigenvalue weighted by Crippen LogP contribution is -2.49. The molecule has 2 atom stereocenters. The molecule has 0 spiro atoms. The fraction of sp³-hybridized carbons (Fsp3) is 1.00. The molecule has 0 aromatic rings. The van der Waals surface area contributed by atoms with Crippen molar-refractivity contribution in [3.05, 3.63) is 0 Å². The van der Waals surface area contributed by atoms with Gasteiger partial charge in [0.2, 0.25) is 0 Å². The molecule has 0 bridgehead atoms. The first kappa shape index (κ1) is 17.0. The first-order valence-corrected chi connectivity index (χ1v) is 8.11. The summed E-state index contributed by atoms with van der Waals surface area (Å²) in [6.45, 7) is 6.61. The highest BCUT2D eigenvalue weighted by Gasteiger charge is 2.41. The number of rotatable bonds is 5. The summed E-state index contributed by atoms with van der Waals surface area (Å²) in [5, 5.41) is 3.56. The van der Waals surface area contributed by atoms with Crippen molar-refractivity contribution in [1.29, 1.82) is 0 Å². The molecule has 2 rings (SSSR count). The van der Waals surface area contributed by atoms with Crippen molar-refractivity contribution in [3.8, 4) is 0 Å². The maximum Gasteiger partial charge on any atom is 0.391 e. The van der Waals surface area contributed by atoms with Crippen LogP contribution in [0.5, 0.6) is 0 Å². The molecule has 0 saturated carbocycles. The van der Waals surface area contributed by atoms with Crippen molar-refractivity contribution in [2.75, 3.05) is 39.4 Å². The summed E-state index contributed by atoms with van der Waals surface area (Å²) < 4.78 is 43.6. The van der Waals surface area contributed by atoms with E-state index in [2.05, 4.69) is 17.1 Å². The Morgan fingerprint density at radius 1 is 1.19 bits per heavy atom. The number of hydrogen-bond acceptors (Lipinski definition) is 3. The van der Waals surface area contributed by atoms with Crippen molar-refractivity contribution in [1.82, 2.24) is 10.2 Å². The molecule has 2 unspecified atom stereocenters. The minimum Gasteiger partial charge on any atom is -0.381 e. The van der Waals surface area contributed by atoms with Gasteiger partial charge in [-0.1, -0.05) is 6.92 Å². The summed E-state index contributed by atoms with van der Waals surface area (Å²) in [5.74, 6) is -0.710. The lowest BCUT2D eigenvalue weighted by molar-refractivity contribution is -0.185. The standard InChI is InChI=1S/C15H27F3N2O/c1-2-6-19-14-5-9-21-11-12(14)10-20-7-3-13(4-8-20)15(16,17)18/h12-14,19H,2-11H2,1H3. The SMILES string of the molecule is CCCNC1CCOCC1CN1CCC(C(F)(F)F)CC1. The zero-order chi connectivity index (χ0) is 15.3. The molecule has 1 N–H and O–H groups in total. The van der Waals surface area contributed by atoms with Crippen LogP contribution in [0.15, 0.2) is 0 Å². The van der Waals surface area contributed by atoms with Gasteiger partial charge in [0.05, 0.1) is 12.5 Å². The number of alkyl halides is 3. The van der Waals surface area contributed by atoms with Crippen molar-refractivity contribution < 1.29 is 17.9 Å². The van der Waals surface area contributed by atoms with Crippen LogP contribution in [0.4, 0.5) is 13.2 Å². The van der Waals surface area contributed by atoms with E-state index in [1.165, 1.54) is 0 Å². The van der Waals surface area contributed by atoms with E-state index < -0.39 is 12.1 Å². The smallest absolute Gasteiger partial charge is 0.381 e. The lowest BCUT2D eigenvalue weighted by atomic mass is 9.92. The largest absolute Gasteiger partial charge is 0.391 e. The van der Waals surface area contributed by atoms with Crippen LogP contribution in [-0.2, 0) is 4.74 Å². The van der Waals surface area contributed by atoms with Gasteiger partial charge in [0, 0.05) is 25.1 Å². The second-order valence-corrected chi connectivity index (χ2v) is 6.30. The zero-order valence-corrected chi connectivity index (χ0v) is 12.8. The Morgan fingerprint density at radius 3 is 2.52 bits per heavy atom. The van der Waals surface area contributed by atoms with Crippen LogP contribution in [0.25, 0.3) is 0 Å². The van der Waals surface area contributed by atoms with E-state index in [-0.39, 0.29) is 12.8 Å². The third-order valence-corrected chi connectivity index (χ3v) is 4.67. The molecule has 0 aliphatic carbocycles. The van der Waals surface area contributed by atoms with Gasteiger partial charge in [-0.15, -0.1) is 0 Å². The first-order chi connectivity index (χ1) is 10.0. The van der Waals surface area contributed by atoms with Gasteiger partial charge in [-0.05, 0) is 45.3 Å². The minimum atomic E-state index is -4.02. The van der Waals surface area contributed by atoms with Crippen LogP contribution in [-0.4, -0.2) is 56.5 Å². The molecular weight excluding hydrogens is 281 g/mol. The van der Waals surface area contributed by atoms with Gasteiger partial charge in [-0.2, -0.15) is 13.2 Å². The maximum atomic E-state index is 12.7. The second kappa shape index (κ2) is 7.79. The molecule has 2 aliphatic rings. The highest BCUT2D eigenvalue weighted by Crippen LogP contribution is 2.34. The van der Waals surface area contributed by atoms with E-state index in [1.54, 1.807) is 0 Å². The Hall–Kier alpha value is -0.330. The van der Waals surface area contributed by atoms with Gasteiger partial charge in [0.25, 0.3) is 0 Å². The topological polar surface area (TPSA) is 24.5 Å². The first-order valence-electron chi connectivity index (χ1n) is 8.11. The Balaban J connectivity index is 1.78. The van der Waals surface area contributed by atoms with Gasteiger partial charge in [0.1, 0.15) is 0 Å². The molecule has 2 aliphatic heterocycles. The number of nitrogens with one attached hydrogen (secondary N) is 1. The van der Waals surface area contributed by atoms with Gasteiger partial charge in [-0.25, -0.2) is 0 Å². The zero-order valence-electron chi connectivity index (χ0n) is 12.8. The predicted octanol–water partition coefficient (Wildman–Crippen LogP) is 2.67. The van der Waals surface area contributed by atoms with Crippen LogP contribution in [0.1, 0.15) is 32.6 Å². The van der Waals surface area contributed by atoms with Gasteiger partial charge >= 0.3 is 6.18 Å². The molecule has 0 aromatic carbocycles. The van der Waals surface area contributed by atoms with Crippen LogP contribution < -0.4 is 5.32 Å². The average Bonchev–Trinajstić information content (AvgIpc) is 2.46. The van der Waals surface area contributed by atoms with Crippen LogP contribution in [0, 0.1) is 11.8 Å². The molecule has 0 aromatic heterocycles. The Bertz CT molecular complexity index is 304. The van der Waals surface area contributed by atoms with Crippen LogP contribution in [0.3, 0.4) is 0 Å². The maximum absolute atomic E-state index is 12.7. The van der Waals surface area contributed by atoms with E-state index in [1.807, 2.05) is 0 Å². The van der Waals surface area contributed by atoms with E-state index in [4.69, 9.17) is 4.74 Å². The van der Waals surface area contributed by atoms with Crippen molar-refractivity contribution >= 4 is 0 Å². The summed E-state index contributed by atoms with van der Waals surface area (Å²) in [7, 11) is 0. The molecule has 2 heterocycles. The van der Waals surface area contributed by atoms with Gasteiger partial charge in [-0.3, -0.25) is 0 Å². The van der Waals surface area contributed by atoms with E-state index in [9.17, 15) is 13.2 Å². The molecule has 124 valence electrons. The molecule has 6 heteroatoms. The summed E-state index contributed by atoms with van der Waals surface area (Å²) >= 11 is 0. The van der Waals surface area contributed by atoms with E-state index >= 15 is 0 Å². The second-order valence-electron chi connectivity index (χ2n) is 6.30. The third kappa shape index (κ3) is 5.11. The number of halogens is 3. The van der Waals surface area contributed by atoms with Crippen molar-refractivity contribution in [3.63, 3.8) is 0 Å². The quantitative estimate of drug-likeness (QED) is 0.845. The third-order valence-electron chi connectivity index (χ3n) is 4.67. The van der Waals surface area contributed by atoms with Crippen LogP contribution >= 0.6 is 0 Å². The number of hydrogen-bond donors (Lipinski definition) is 1. The number of piperidine rings is 1. The van der Waals surface area contributed by atoms with Crippen molar-refractivity contribution in [2.45, 2.75) is 44.8 Å². The molecule has 2 fully saturated rings. The monoisotopic (exact) mass is 308 g/mol. The average molecular weight is 308 g/mol. The molecular formula is C15H27F3N2O. The molecule has 0 radical (unpaired) electrons. The Labute approximate surface area is 125 Å². The van der Waals surface area contributed by atoms with Gasteiger partial charge < -0.3 is 15.0 Å². The molecule has 3 nitrogen and oxygen atoms in total. The number of ether oxygens (including phenoxy) is 1. The highest BCUT2D eigenvalue weighted by atomic mass is 19.4. The highest BCUT2D eigenvalue weighted by molar-refractivity contribution is 4.84. The Morgan fingerprint density at radius 2 is 1.90 bits per heavy atom. The summed E-state index contributed by atoms with van der Waals surface area (Å²) in [4.78, 5) is 2.18. The van der Waals surface area contributed by atoms with Crippen molar-refractivity contribution in [2.24, 2.45) is 11.8 Å². The lowest BCUT2D eigenvalue weighted by Gasteiger charge is -2.39.